The number of imidazole rings is 1. The molecular formula is C33H35N7O8. The second-order valence-electron chi connectivity index (χ2n) is 11.5. The van der Waals surface area contributed by atoms with E-state index in [0.717, 1.165) is 27.9 Å². The van der Waals surface area contributed by atoms with Gasteiger partial charge in [0.15, 0.2) is 5.69 Å². The monoisotopic (exact) mass is 657 g/mol. The molecule has 0 amide bonds. The number of hydrogen-bond donors (Lipinski definition) is 4. The van der Waals surface area contributed by atoms with Crippen LogP contribution in [0.4, 0.5) is 4.79 Å². The van der Waals surface area contributed by atoms with Crippen LogP contribution >= 0.6 is 0 Å². The van der Waals surface area contributed by atoms with Crippen molar-refractivity contribution in [2.75, 3.05) is 0 Å². The van der Waals surface area contributed by atoms with Crippen molar-refractivity contribution in [3.05, 3.63) is 107 Å². The molecule has 0 fully saturated rings. The van der Waals surface area contributed by atoms with Crippen molar-refractivity contribution < 1.29 is 39.8 Å². The van der Waals surface area contributed by atoms with Crippen molar-refractivity contribution in [2.24, 2.45) is 0 Å². The summed E-state index contributed by atoms with van der Waals surface area (Å²) in [5.74, 6) is -0.348. The van der Waals surface area contributed by atoms with Gasteiger partial charge in [0.1, 0.15) is 23.7 Å². The summed E-state index contributed by atoms with van der Waals surface area (Å²) in [6.45, 7) is 5.17. The fourth-order valence-electron chi connectivity index (χ4n) is 5.10. The number of ether oxygens (including phenoxy) is 1. The standard InChI is InChI=1S/C33H35N7O8/c1-4-7-27-34-29(33(2,3)44)28(31(41)42)38(27)18-21-14-16-24(17-15-21)25-8-5-6-9-26(25)30-35-37-39(36-30)32(43)47-19-22-10-12-23(13-11-22)20-48-40(45)46/h5-6,8-17,44-46H,4,7,18-20H2,1-3H3,(H,41,42). The Balaban J connectivity index is 1.31. The van der Waals surface area contributed by atoms with Crippen molar-refractivity contribution in [1.29, 1.82) is 0 Å². The summed E-state index contributed by atoms with van der Waals surface area (Å²) >= 11 is 0. The summed E-state index contributed by atoms with van der Waals surface area (Å²) in [5.41, 5.74) is 3.13. The summed E-state index contributed by atoms with van der Waals surface area (Å²) in [5, 5.41) is 49.8. The Bertz CT molecular complexity index is 1880. The molecule has 5 aromatic rings. The van der Waals surface area contributed by atoms with E-state index in [1.165, 1.54) is 13.8 Å². The first-order valence-electron chi connectivity index (χ1n) is 15.0. The van der Waals surface area contributed by atoms with Gasteiger partial charge in [-0.3, -0.25) is 10.4 Å². The number of carbonyl (C=O) groups is 2. The van der Waals surface area contributed by atoms with Crippen molar-refractivity contribution in [2.45, 2.75) is 59.0 Å². The molecule has 4 N–H and O–H groups in total. The van der Waals surface area contributed by atoms with Gasteiger partial charge >= 0.3 is 12.1 Å². The molecule has 0 atom stereocenters. The van der Waals surface area contributed by atoms with Gasteiger partial charge in [0.25, 0.3) is 0 Å². The van der Waals surface area contributed by atoms with Crippen LogP contribution in [0.3, 0.4) is 0 Å². The zero-order chi connectivity index (χ0) is 34.4. The number of aromatic carboxylic acids is 1. The molecule has 2 aromatic heterocycles. The average molecular weight is 658 g/mol. The number of aliphatic hydroxyl groups is 1. The van der Waals surface area contributed by atoms with E-state index in [0.29, 0.717) is 28.9 Å². The highest BCUT2D eigenvalue weighted by atomic mass is 17.1. The average Bonchev–Trinajstić information content (AvgIpc) is 3.70. The Hall–Kier alpha value is -5.32. The number of aromatic nitrogens is 6. The number of benzene rings is 3. The normalized spacial score (nSPS) is 11.6. The summed E-state index contributed by atoms with van der Waals surface area (Å²) in [6.07, 6.45) is 0.494. The van der Waals surface area contributed by atoms with Crippen LogP contribution < -0.4 is 0 Å². The number of carbonyl (C=O) groups excluding carboxylic acids is 1. The van der Waals surface area contributed by atoms with E-state index in [-0.39, 0.29) is 42.4 Å². The maximum Gasteiger partial charge on any atom is 0.454 e. The van der Waals surface area contributed by atoms with Crippen LogP contribution in [0.1, 0.15) is 65.9 Å². The number of carboxylic acid groups (broad SMARTS) is 1. The highest BCUT2D eigenvalue weighted by Gasteiger charge is 2.31. The SMILES string of the molecule is CCCc1nc(C(C)(C)O)c(C(=O)O)n1Cc1ccc(-c2ccccc2-c2nnn(C(=O)OCc3ccc(CON(O)O)cc3)n2)cc1. The van der Waals surface area contributed by atoms with E-state index in [4.69, 9.17) is 15.2 Å². The first kappa shape index (κ1) is 34.0. The van der Waals surface area contributed by atoms with Crippen molar-refractivity contribution in [3.63, 3.8) is 0 Å². The zero-order valence-electron chi connectivity index (χ0n) is 26.5. The van der Waals surface area contributed by atoms with E-state index in [1.54, 1.807) is 28.8 Å². The van der Waals surface area contributed by atoms with E-state index in [9.17, 15) is 19.8 Å². The first-order chi connectivity index (χ1) is 22.9. The Morgan fingerprint density at radius 3 is 2.12 bits per heavy atom. The lowest BCUT2D eigenvalue weighted by molar-refractivity contribution is -0.497. The minimum Gasteiger partial charge on any atom is -0.477 e. The van der Waals surface area contributed by atoms with Crippen LogP contribution in [0.2, 0.25) is 0 Å². The van der Waals surface area contributed by atoms with Gasteiger partial charge in [0.2, 0.25) is 5.82 Å². The van der Waals surface area contributed by atoms with Crippen LogP contribution in [0.25, 0.3) is 22.5 Å². The molecule has 250 valence electrons. The zero-order valence-corrected chi connectivity index (χ0v) is 26.5. The molecule has 0 aliphatic heterocycles. The van der Waals surface area contributed by atoms with Crippen molar-refractivity contribution >= 4 is 12.1 Å². The van der Waals surface area contributed by atoms with Gasteiger partial charge in [-0.15, -0.1) is 10.2 Å². The number of tetrazole rings is 1. The topological polar surface area (TPSA) is 198 Å². The summed E-state index contributed by atoms with van der Waals surface area (Å²) in [7, 11) is 0. The van der Waals surface area contributed by atoms with Gasteiger partial charge < -0.3 is 19.5 Å². The number of hydrogen-bond acceptors (Lipinski definition) is 12. The third-order valence-corrected chi connectivity index (χ3v) is 7.38. The van der Waals surface area contributed by atoms with Gasteiger partial charge in [-0.25, -0.2) is 19.4 Å². The predicted octanol–water partition coefficient (Wildman–Crippen LogP) is 4.83. The molecule has 0 spiro atoms. The Morgan fingerprint density at radius 2 is 1.52 bits per heavy atom. The molecule has 0 saturated carbocycles. The van der Waals surface area contributed by atoms with E-state index in [1.807, 2.05) is 55.5 Å². The maximum absolute atomic E-state index is 12.7. The maximum atomic E-state index is 12.7. The Morgan fingerprint density at radius 1 is 0.896 bits per heavy atom. The highest BCUT2D eigenvalue weighted by molar-refractivity contribution is 5.87. The lowest BCUT2D eigenvalue weighted by Gasteiger charge is -2.16. The molecule has 0 unspecified atom stereocenters. The van der Waals surface area contributed by atoms with Gasteiger partial charge in [0, 0.05) is 18.5 Å². The number of rotatable bonds is 13. The van der Waals surface area contributed by atoms with Gasteiger partial charge in [-0.2, -0.15) is 0 Å². The smallest absolute Gasteiger partial charge is 0.454 e. The molecule has 15 heteroatoms. The molecular weight excluding hydrogens is 622 g/mol. The Labute approximate surface area is 275 Å². The molecule has 0 aliphatic rings. The first-order valence-corrected chi connectivity index (χ1v) is 15.0. The fourth-order valence-corrected chi connectivity index (χ4v) is 5.10. The fraction of sp³-hybridized carbons (Fsp3) is 0.273. The molecule has 0 radical (unpaired) electrons. The molecule has 3 aromatic carbocycles. The molecule has 5 rings (SSSR count). The Kier molecular flexibility index (Phi) is 10.4. The third-order valence-electron chi connectivity index (χ3n) is 7.38. The quantitative estimate of drug-likeness (QED) is 0.126. The molecule has 0 bridgehead atoms. The number of carboxylic acids is 1. The van der Waals surface area contributed by atoms with Crippen LogP contribution in [-0.2, 0) is 41.4 Å². The largest absolute Gasteiger partial charge is 0.477 e. The van der Waals surface area contributed by atoms with Gasteiger partial charge in [0.05, 0.1) is 12.0 Å². The van der Waals surface area contributed by atoms with Crippen LogP contribution in [0, 0.1) is 0 Å². The summed E-state index contributed by atoms with van der Waals surface area (Å²) in [6, 6.07) is 21.8. The molecule has 15 nitrogen and oxygen atoms in total. The second kappa shape index (κ2) is 14.6. The van der Waals surface area contributed by atoms with Gasteiger partial charge in [-0.05, 0) is 53.3 Å². The van der Waals surface area contributed by atoms with E-state index in [2.05, 4.69) is 25.2 Å². The molecule has 0 saturated heterocycles. The molecule has 0 aliphatic carbocycles. The predicted molar refractivity (Wildman–Crippen MR) is 168 cm³/mol. The van der Waals surface area contributed by atoms with Crippen LogP contribution in [0.5, 0.6) is 0 Å². The minimum absolute atomic E-state index is 0.0321. The van der Waals surface area contributed by atoms with Crippen molar-refractivity contribution in [3.8, 4) is 22.5 Å². The van der Waals surface area contributed by atoms with Gasteiger partial charge in [-0.1, -0.05) is 84.5 Å². The lowest BCUT2D eigenvalue weighted by atomic mass is 9.98. The summed E-state index contributed by atoms with van der Waals surface area (Å²) < 4.78 is 6.98. The summed E-state index contributed by atoms with van der Waals surface area (Å²) in [4.78, 5) is 34.8. The van der Waals surface area contributed by atoms with Crippen LogP contribution in [0.15, 0.2) is 72.8 Å². The van der Waals surface area contributed by atoms with Crippen LogP contribution in [-0.4, -0.2) is 67.8 Å². The number of nitrogens with zero attached hydrogens (tertiary/aromatic N) is 7. The van der Waals surface area contributed by atoms with Crippen molar-refractivity contribution in [1.82, 2.24) is 35.1 Å². The van der Waals surface area contributed by atoms with E-state index < -0.39 is 17.7 Å². The third kappa shape index (κ3) is 7.96. The molecule has 48 heavy (non-hydrogen) atoms. The number of aryl methyl sites for hydroxylation is 1. The second-order valence-corrected chi connectivity index (χ2v) is 11.5. The van der Waals surface area contributed by atoms with E-state index >= 15 is 0 Å². The molecule has 2 heterocycles. The lowest BCUT2D eigenvalue weighted by Crippen LogP contribution is -2.22. The highest BCUT2D eigenvalue weighted by Crippen LogP contribution is 2.31. The minimum atomic E-state index is -1.42.